The number of carbonyl (C=O) groups is 1. The predicted molar refractivity (Wildman–Crippen MR) is 45.9 cm³/mol. The molecule has 0 spiro atoms. The number of hydrogen-bond donors (Lipinski definition) is 1. The Morgan fingerprint density at radius 1 is 1.85 bits per heavy atom. The Balaban J connectivity index is 3.09. The van der Waals surface area contributed by atoms with Gasteiger partial charge in [0, 0.05) is 7.05 Å². The third-order valence-electron chi connectivity index (χ3n) is 1.78. The fraction of sp³-hybridized carbons (Fsp3) is 0.375. The number of aryl methyl sites for hydroxylation is 2. The summed E-state index contributed by atoms with van der Waals surface area (Å²) in [7, 11) is 1.64. The van der Waals surface area contributed by atoms with Gasteiger partial charge < -0.3 is 5.73 Å². The van der Waals surface area contributed by atoms with Gasteiger partial charge >= 0.3 is 0 Å². The normalized spacial score (nSPS) is 12.2. The summed E-state index contributed by atoms with van der Waals surface area (Å²) < 4.78 is 1.43. The first-order valence-corrected chi connectivity index (χ1v) is 3.76. The van der Waals surface area contributed by atoms with E-state index in [0.717, 1.165) is 5.56 Å². The molecule has 0 aliphatic carbocycles. The van der Waals surface area contributed by atoms with Crippen LogP contribution in [0.4, 0.5) is 0 Å². The van der Waals surface area contributed by atoms with Crippen molar-refractivity contribution in [3.05, 3.63) is 17.5 Å². The van der Waals surface area contributed by atoms with Crippen molar-refractivity contribution in [1.29, 1.82) is 5.26 Å². The topological polar surface area (TPSA) is 84.7 Å². The minimum absolute atomic E-state index is 0.389. The van der Waals surface area contributed by atoms with Crippen molar-refractivity contribution in [1.82, 2.24) is 9.78 Å². The van der Waals surface area contributed by atoms with Crippen molar-refractivity contribution in [3.63, 3.8) is 0 Å². The number of hydrogen-bond acceptors (Lipinski definition) is 4. The third kappa shape index (κ3) is 1.58. The number of aromatic nitrogens is 2. The first kappa shape index (κ1) is 9.42. The molecule has 1 rings (SSSR count). The number of nitriles is 1. The average molecular weight is 178 g/mol. The van der Waals surface area contributed by atoms with Gasteiger partial charge in [0.1, 0.15) is 5.69 Å². The molecule has 2 N–H and O–H groups in total. The average Bonchev–Trinajstić information content (AvgIpc) is 2.44. The van der Waals surface area contributed by atoms with Gasteiger partial charge in [0.15, 0.2) is 6.04 Å². The van der Waals surface area contributed by atoms with Gasteiger partial charge in [0.05, 0.1) is 12.3 Å². The number of ketones is 1. The van der Waals surface area contributed by atoms with E-state index in [0.29, 0.717) is 5.69 Å². The second kappa shape index (κ2) is 3.37. The monoisotopic (exact) mass is 178 g/mol. The molecule has 0 aliphatic rings. The van der Waals surface area contributed by atoms with Gasteiger partial charge in [-0.1, -0.05) is 0 Å². The highest BCUT2D eigenvalue weighted by molar-refractivity contribution is 6.01. The van der Waals surface area contributed by atoms with Crippen LogP contribution in [0.5, 0.6) is 0 Å². The van der Waals surface area contributed by atoms with Crippen LogP contribution in [0.3, 0.4) is 0 Å². The number of rotatable bonds is 2. The summed E-state index contributed by atoms with van der Waals surface area (Å²) in [5, 5.41) is 12.3. The van der Waals surface area contributed by atoms with E-state index in [1.807, 2.05) is 0 Å². The van der Waals surface area contributed by atoms with Gasteiger partial charge in [0.2, 0.25) is 5.78 Å². The highest BCUT2D eigenvalue weighted by atomic mass is 16.1. The molecular weight excluding hydrogens is 168 g/mol. The van der Waals surface area contributed by atoms with Gasteiger partial charge in [-0.25, -0.2) is 0 Å². The van der Waals surface area contributed by atoms with E-state index in [-0.39, 0.29) is 5.78 Å². The van der Waals surface area contributed by atoms with Crippen LogP contribution < -0.4 is 5.73 Å². The molecule has 1 atom stereocenters. The summed E-state index contributed by atoms with van der Waals surface area (Å²) in [4.78, 5) is 11.5. The first-order chi connectivity index (χ1) is 6.07. The molecule has 13 heavy (non-hydrogen) atoms. The van der Waals surface area contributed by atoms with Crippen molar-refractivity contribution in [3.8, 4) is 6.07 Å². The summed E-state index contributed by atoms with van der Waals surface area (Å²) in [5.41, 5.74) is 6.43. The molecule has 0 fully saturated rings. The van der Waals surface area contributed by atoms with Crippen LogP contribution in [-0.2, 0) is 7.05 Å². The molecule has 0 saturated heterocycles. The first-order valence-electron chi connectivity index (χ1n) is 3.76. The Morgan fingerprint density at radius 2 is 2.46 bits per heavy atom. The Labute approximate surface area is 75.8 Å². The lowest BCUT2D eigenvalue weighted by Crippen LogP contribution is -2.30. The molecule has 5 nitrogen and oxygen atoms in total. The smallest absolute Gasteiger partial charge is 0.212 e. The lowest BCUT2D eigenvalue weighted by atomic mass is 10.1. The summed E-state index contributed by atoms with van der Waals surface area (Å²) in [6.07, 6.45) is 1.57. The Kier molecular flexibility index (Phi) is 2.44. The van der Waals surface area contributed by atoms with E-state index in [1.165, 1.54) is 4.68 Å². The van der Waals surface area contributed by atoms with Crippen LogP contribution in [0, 0.1) is 18.3 Å². The Morgan fingerprint density at radius 3 is 2.85 bits per heavy atom. The third-order valence-corrected chi connectivity index (χ3v) is 1.78. The molecule has 1 unspecified atom stereocenters. The molecule has 5 heteroatoms. The largest absolute Gasteiger partial charge is 0.309 e. The van der Waals surface area contributed by atoms with E-state index in [2.05, 4.69) is 5.10 Å². The molecule has 0 amide bonds. The van der Waals surface area contributed by atoms with Gasteiger partial charge in [0.25, 0.3) is 0 Å². The minimum atomic E-state index is -1.10. The molecule has 0 aromatic carbocycles. The molecule has 0 radical (unpaired) electrons. The van der Waals surface area contributed by atoms with Gasteiger partial charge in [-0.2, -0.15) is 10.4 Å². The zero-order valence-corrected chi connectivity index (χ0v) is 7.48. The number of nitrogens with two attached hydrogens (primary N) is 1. The Hall–Kier alpha value is -1.67. The van der Waals surface area contributed by atoms with E-state index in [4.69, 9.17) is 11.0 Å². The minimum Gasteiger partial charge on any atom is -0.309 e. The van der Waals surface area contributed by atoms with Gasteiger partial charge in [-0.15, -0.1) is 0 Å². The molecule has 0 bridgehead atoms. The van der Waals surface area contributed by atoms with Crippen LogP contribution in [0.15, 0.2) is 6.20 Å². The van der Waals surface area contributed by atoms with E-state index >= 15 is 0 Å². The molecular formula is C8H10N4O. The van der Waals surface area contributed by atoms with Crippen molar-refractivity contribution >= 4 is 5.78 Å². The maximum absolute atomic E-state index is 11.5. The van der Waals surface area contributed by atoms with Gasteiger partial charge in [-0.05, 0) is 12.5 Å². The molecule has 1 aromatic heterocycles. The summed E-state index contributed by atoms with van der Waals surface area (Å²) in [6.45, 7) is 1.75. The highest BCUT2D eigenvalue weighted by Crippen LogP contribution is 2.07. The predicted octanol–water partition coefficient (Wildman–Crippen LogP) is -0.238. The zero-order valence-electron chi connectivity index (χ0n) is 7.48. The van der Waals surface area contributed by atoms with Crippen LogP contribution in [0.1, 0.15) is 16.1 Å². The van der Waals surface area contributed by atoms with Crippen molar-refractivity contribution < 1.29 is 4.79 Å². The van der Waals surface area contributed by atoms with E-state index in [1.54, 1.807) is 26.2 Å². The van der Waals surface area contributed by atoms with Crippen LogP contribution in [-0.4, -0.2) is 21.6 Å². The number of Topliss-reactive ketones (excluding diaryl/α,β-unsaturated/α-hetero) is 1. The standard InChI is InChI=1S/C8H10N4O/c1-5-4-11-12(2)7(5)8(13)6(10)3-9/h4,6H,10H2,1-2H3. The maximum atomic E-state index is 11.5. The van der Waals surface area contributed by atoms with E-state index < -0.39 is 6.04 Å². The SMILES string of the molecule is Cc1cnn(C)c1C(=O)C(N)C#N. The molecule has 68 valence electrons. The summed E-state index contributed by atoms with van der Waals surface area (Å²) >= 11 is 0. The lowest BCUT2D eigenvalue weighted by Gasteiger charge is -2.03. The second-order valence-electron chi connectivity index (χ2n) is 2.77. The van der Waals surface area contributed by atoms with Crippen molar-refractivity contribution in [2.45, 2.75) is 13.0 Å². The molecule has 1 heterocycles. The lowest BCUT2D eigenvalue weighted by molar-refractivity contribution is 0.0970. The van der Waals surface area contributed by atoms with Gasteiger partial charge in [-0.3, -0.25) is 9.48 Å². The summed E-state index contributed by atoms with van der Waals surface area (Å²) in [6, 6.07) is 0.592. The molecule has 0 saturated carbocycles. The fourth-order valence-corrected chi connectivity index (χ4v) is 1.11. The zero-order chi connectivity index (χ0) is 10.0. The summed E-state index contributed by atoms with van der Waals surface area (Å²) in [5.74, 6) is -0.389. The van der Waals surface area contributed by atoms with Crippen molar-refractivity contribution in [2.24, 2.45) is 12.8 Å². The second-order valence-corrected chi connectivity index (χ2v) is 2.77. The fourth-order valence-electron chi connectivity index (χ4n) is 1.11. The van der Waals surface area contributed by atoms with Crippen LogP contribution >= 0.6 is 0 Å². The van der Waals surface area contributed by atoms with Crippen molar-refractivity contribution in [2.75, 3.05) is 0 Å². The van der Waals surface area contributed by atoms with Crippen LogP contribution in [0.2, 0.25) is 0 Å². The number of nitrogens with zero attached hydrogens (tertiary/aromatic N) is 3. The van der Waals surface area contributed by atoms with E-state index in [9.17, 15) is 4.79 Å². The molecule has 0 aliphatic heterocycles. The van der Waals surface area contributed by atoms with Crippen LogP contribution in [0.25, 0.3) is 0 Å². The highest BCUT2D eigenvalue weighted by Gasteiger charge is 2.20. The quantitative estimate of drug-likeness (QED) is 0.633. The maximum Gasteiger partial charge on any atom is 0.212 e. The Bertz CT molecular complexity index is 354. The number of carbonyl (C=O) groups excluding carboxylic acids is 1. The molecule has 1 aromatic rings.